The highest BCUT2D eigenvalue weighted by Gasteiger charge is 2.47. The number of hydrogen-bond donors (Lipinski definition) is 1. The first-order valence-corrected chi connectivity index (χ1v) is 5.28. The maximum absolute atomic E-state index is 13.7. The van der Waals surface area contributed by atoms with Crippen LogP contribution in [0.3, 0.4) is 0 Å². The molecule has 1 aliphatic rings. The van der Waals surface area contributed by atoms with E-state index in [9.17, 15) is 13.6 Å². The van der Waals surface area contributed by atoms with Crippen molar-refractivity contribution in [3.63, 3.8) is 0 Å². The van der Waals surface area contributed by atoms with Crippen molar-refractivity contribution in [3.8, 4) is 0 Å². The molecular formula is C12H14ClF2NO2. The second kappa shape index (κ2) is 5.10. The van der Waals surface area contributed by atoms with Crippen molar-refractivity contribution >= 4 is 18.5 Å². The van der Waals surface area contributed by atoms with Crippen LogP contribution in [0.5, 0.6) is 0 Å². The lowest BCUT2D eigenvalue weighted by atomic mass is 9.94. The van der Waals surface area contributed by atoms with Crippen LogP contribution in [0.15, 0.2) is 18.2 Å². The normalized spacial score (nSPS) is 21.6. The molecule has 18 heavy (non-hydrogen) atoms. The number of cyclic esters (lactones) is 1. The van der Waals surface area contributed by atoms with Crippen LogP contribution in [-0.4, -0.2) is 18.6 Å². The number of amides is 1. The Hall–Kier alpha value is -1.36. The molecule has 2 rings (SSSR count). The number of halogens is 3. The second-order valence-electron chi connectivity index (χ2n) is 4.27. The lowest BCUT2D eigenvalue weighted by molar-refractivity contribution is -0.104. The first-order chi connectivity index (χ1) is 7.90. The summed E-state index contributed by atoms with van der Waals surface area (Å²) in [6.45, 7) is 2.69. The minimum atomic E-state index is -3.09. The standard InChI is InChI=1S/C12H13F2NO2.ClH/c1-7-3-4-8(2)9(5-7)10-12(13,14)6-17-11(16)15-10;/h3-5,10H,6H2,1-2H3,(H,15,16);1H/t10-;/m1./s1. The largest absolute Gasteiger partial charge is 0.443 e. The van der Waals surface area contributed by atoms with E-state index in [1.54, 1.807) is 19.1 Å². The van der Waals surface area contributed by atoms with Crippen molar-refractivity contribution in [2.75, 3.05) is 6.61 Å². The molecule has 3 nitrogen and oxygen atoms in total. The number of aryl methyl sites for hydroxylation is 2. The van der Waals surface area contributed by atoms with Crippen LogP contribution in [0.1, 0.15) is 22.7 Å². The van der Waals surface area contributed by atoms with Gasteiger partial charge in [0, 0.05) is 0 Å². The Balaban J connectivity index is 0.00000162. The molecule has 1 aromatic rings. The molecule has 100 valence electrons. The number of nitrogens with one attached hydrogen (secondary N) is 1. The van der Waals surface area contributed by atoms with Crippen molar-refractivity contribution < 1.29 is 18.3 Å². The average molecular weight is 278 g/mol. The summed E-state index contributed by atoms with van der Waals surface area (Å²) in [7, 11) is 0. The number of carbonyl (C=O) groups excluding carboxylic acids is 1. The topological polar surface area (TPSA) is 38.3 Å². The highest BCUT2D eigenvalue weighted by molar-refractivity contribution is 5.85. The maximum atomic E-state index is 13.7. The minimum absolute atomic E-state index is 0. The van der Waals surface area contributed by atoms with Gasteiger partial charge in [-0.15, -0.1) is 12.4 Å². The third-order valence-electron chi connectivity index (χ3n) is 2.83. The van der Waals surface area contributed by atoms with Crippen LogP contribution >= 0.6 is 12.4 Å². The molecule has 0 aliphatic carbocycles. The molecule has 0 unspecified atom stereocenters. The molecule has 0 spiro atoms. The number of alkyl carbamates (subject to hydrolysis) is 1. The summed E-state index contributed by atoms with van der Waals surface area (Å²) < 4.78 is 31.7. The summed E-state index contributed by atoms with van der Waals surface area (Å²) in [4.78, 5) is 11.1. The molecule has 1 aromatic carbocycles. The summed E-state index contributed by atoms with van der Waals surface area (Å²) >= 11 is 0. The van der Waals surface area contributed by atoms with E-state index in [0.29, 0.717) is 5.56 Å². The van der Waals surface area contributed by atoms with E-state index in [-0.39, 0.29) is 12.4 Å². The number of alkyl halides is 2. The highest BCUT2D eigenvalue weighted by atomic mass is 35.5. The first-order valence-electron chi connectivity index (χ1n) is 5.28. The van der Waals surface area contributed by atoms with E-state index in [1.165, 1.54) is 0 Å². The lowest BCUT2D eigenvalue weighted by Gasteiger charge is -2.32. The zero-order valence-electron chi connectivity index (χ0n) is 10.00. The van der Waals surface area contributed by atoms with Crippen molar-refractivity contribution in [3.05, 3.63) is 34.9 Å². The Bertz CT molecular complexity index is 465. The highest BCUT2D eigenvalue weighted by Crippen LogP contribution is 2.36. The predicted octanol–water partition coefficient (Wildman–Crippen LogP) is 3.14. The predicted molar refractivity (Wildman–Crippen MR) is 65.3 cm³/mol. The van der Waals surface area contributed by atoms with Crippen LogP contribution in [-0.2, 0) is 4.74 Å². The van der Waals surface area contributed by atoms with Crippen LogP contribution in [0.25, 0.3) is 0 Å². The number of rotatable bonds is 1. The molecular weight excluding hydrogens is 264 g/mol. The molecule has 0 aromatic heterocycles. The Morgan fingerprint density at radius 2 is 2.06 bits per heavy atom. The van der Waals surface area contributed by atoms with E-state index < -0.39 is 24.7 Å². The zero-order chi connectivity index (χ0) is 12.6. The van der Waals surface area contributed by atoms with E-state index in [1.807, 2.05) is 13.0 Å². The third kappa shape index (κ3) is 2.72. The van der Waals surface area contributed by atoms with E-state index in [2.05, 4.69) is 10.1 Å². The Kier molecular flexibility index (Phi) is 4.16. The molecule has 0 radical (unpaired) electrons. The monoisotopic (exact) mass is 277 g/mol. The van der Waals surface area contributed by atoms with Crippen molar-refractivity contribution in [1.29, 1.82) is 0 Å². The van der Waals surface area contributed by atoms with Crippen molar-refractivity contribution in [2.24, 2.45) is 0 Å². The number of hydrogen-bond acceptors (Lipinski definition) is 2. The van der Waals surface area contributed by atoms with Gasteiger partial charge in [0.15, 0.2) is 6.61 Å². The molecule has 1 atom stereocenters. The van der Waals surface area contributed by atoms with Crippen molar-refractivity contribution in [1.82, 2.24) is 5.32 Å². The average Bonchev–Trinajstić information content (AvgIpc) is 2.26. The molecule has 6 heteroatoms. The Morgan fingerprint density at radius 1 is 1.39 bits per heavy atom. The summed E-state index contributed by atoms with van der Waals surface area (Å²) in [5.41, 5.74) is 2.04. The van der Waals surface area contributed by atoms with Gasteiger partial charge in [0.25, 0.3) is 0 Å². The molecule has 0 bridgehead atoms. The molecule has 1 saturated heterocycles. The number of ether oxygens (including phenoxy) is 1. The fraction of sp³-hybridized carbons (Fsp3) is 0.417. The SMILES string of the molecule is Cc1ccc(C)c([C@H]2NC(=O)OCC2(F)F)c1.Cl. The first kappa shape index (κ1) is 14.7. The van der Waals surface area contributed by atoms with Gasteiger partial charge in [-0.2, -0.15) is 0 Å². The van der Waals surface area contributed by atoms with Crippen LogP contribution in [0, 0.1) is 13.8 Å². The quantitative estimate of drug-likeness (QED) is 0.856. The molecule has 1 amide bonds. The van der Waals surface area contributed by atoms with Gasteiger partial charge in [0.1, 0.15) is 6.04 Å². The second-order valence-corrected chi connectivity index (χ2v) is 4.27. The van der Waals surface area contributed by atoms with Gasteiger partial charge in [-0.3, -0.25) is 0 Å². The number of benzene rings is 1. The van der Waals surface area contributed by atoms with Gasteiger partial charge in [0.05, 0.1) is 0 Å². The van der Waals surface area contributed by atoms with Gasteiger partial charge in [-0.25, -0.2) is 13.6 Å². The van der Waals surface area contributed by atoms with Gasteiger partial charge in [-0.05, 0) is 25.0 Å². The van der Waals surface area contributed by atoms with E-state index in [0.717, 1.165) is 11.1 Å². The molecule has 1 heterocycles. The van der Waals surface area contributed by atoms with Crippen molar-refractivity contribution in [2.45, 2.75) is 25.8 Å². The van der Waals surface area contributed by atoms with E-state index in [4.69, 9.17) is 0 Å². The van der Waals surface area contributed by atoms with Gasteiger partial charge in [0.2, 0.25) is 0 Å². The Morgan fingerprint density at radius 3 is 2.72 bits per heavy atom. The Labute approximate surface area is 110 Å². The molecule has 1 aliphatic heterocycles. The molecule has 0 saturated carbocycles. The van der Waals surface area contributed by atoms with Gasteiger partial charge >= 0.3 is 12.0 Å². The van der Waals surface area contributed by atoms with Gasteiger partial charge in [-0.1, -0.05) is 23.8 Å². The molecule has 1 fully saturated rings. The number of carbonyl (C=O) groups is 1. The summed E-state index contributed by atoms with van der Waals surface area (Å²) in [5.74, 6) is -3.09. The lowest BCUT2D eigenvalue weighted by Crippen LogP contribution is -2.49. The third-order valence-corrected chi connectivity index (χ3v) is 2.83. The summed E-state index contributed by atoms with van der Waals surface area (Å²) in [5, 5.41) is 2.18. The van der Waals surface area contributed by atoms with Crippen LogP contribution < -0.4 is 5.32 Å². The fourth-order valence-electron chi connectivity index (χ4n) is 1.89. The summed E-state index contributed by atoms with van der Waals surface area (Å²) in [6, 6.07) is 3.96. The van der Waals surface area contributed by atoms with Crippen LogP contribution in [0.4, 0.5) is 13.6 Å². The maximum Gasteiger partial charge on any atom is 0.408 e. The molecule has 1 N–H and O–H groups in total. The van der Waals surface area contributed by atoms with Gasteiger partial charge < -0.3 is 10.1 Å². The smallest absolute Gasteiger partial charge is 0.408 e. The summed E-state index contributed by atoms with van der Waals surface area (Å²) in [6.07, 6.45) is -0.804. The van der Waals surface area contributed by atoms with Crippen LogP contribution in [0.2, 0.25) is 0 Å². The van der Waals surface area contributed by atoms with E-state index >= 15 is 0 Å². The minimum Gasteiger partial charge on any atom is -0.443 e. The zero-order valence-corrected chi connectivity index (χ0v) is 10.8. The fourth-order valence-corrected chi connectivity index (χ4v) is 1.89.